The molecule has 0 spiro atoms. The normalized spacial score (nSPS) is 15.3. The van der Waals surface area contributed by atoms with E-state index in [4.69, 9.17) is 0 Å². The molecular weight excluding hydrogens is 518 g/mol. The second-order valence-corrected chi connectivity index (χ2v) is 10.9. The largest absolute Gasteiger partial charge is 0.465 e. The smallest absolute Gasteiger partial charge is 0.407 e. The van der Waals surface area contributed by atoms with Crippen LogP contribution in [0, 0.1) is 11.6 Å². The highest BCUT2D eigenvalue weighted by Crippen LogP contribution is 2.33. The molecular formula is C28H32F2N8O2. The van der Waals surface area contributed by atoms with Crippen molar-refractivity contribution in [3.8, 4) is 11.4 Å². The number of carbonyl (C=O) groups is 1. The predicted molar refractivity (Wildman–Crippen MR) is 147 cm³/mol. The first-order chi connectivity index (χ1) is 19.0. The lowest BCUT2D eigenvalue weighted by Gasteiger charge is -2.43. The summed E-state index contributed by atoms with van der Waals surface area (Å²) in [4.78, 5) is 28.6. The van der Waals surface area contributed by atoms with Gasteiger partial charge in [0.1, 0.15) is 5.82 Å². The first kappa shape index (κ1) is 27.2. The highest BCUT2D eigenvalue weighted by molar-refractivity contribution is 5.77. The summed E-state index contributed by atoms with van der Waals surface area (Å²) >= 11 is 0. The number of nitrogens with one attached hydrogen (secondary N) is 1. The molecule has 12 heteroatoms. The number of anilines is 2. The summed E-state index contributed by atoms with van der Waals surface area (Å²) in [6.07, 6.45) is 4.64. The quantitative estimate of drug-likeness (QED) is 0.329. The topological polar surface area (TPSA) is 112 Å². The number of halogens is 2. The lowest BCUT2D eigenvalue weighted by molar-refractivity contribution is 0.0615. The number of pyridine rings is 2. The van der Waals surface area contributed by atoms with Gasteiger partial charge in [-0.25, -0.2) is 23.7 Å². The lowest BCUT2D eigenvalue weighted by atomic mass is 9.97. The van der Waals surface area contributed by atoms with Crippen molar-refractivity contribution in [2.24, 2.45) is 0 Å². The summed E-state index contributed by atoms with van der Waals surface area (Å²) < 4.78 is 31.2. The lowest BCUT2D eigenvalue weighted by Crippen LogP contribution is -2.54. The zero-order chi connectivity index (χ0) is 28.6. The first-order valence-electron chi connectivity index (χ1n) is 13.2. The van der Waals surface area contributed by atoms with E-state index in [0.29, 0.717) is 43.0 Å². The number of hydrogen-bond acceptors (Lipinski definition) is 7. The summed E-state index contributed by atoms with van der Waals surface area (Å²) in [6, 6.07) is 7.78. The summed E-state index contributed by atoms with van der Waals surface area (Å²) in [5.41, 5.74) is 1.37. The maximum Gasteiger partial charge on any atom is 0.407 e. The van der Waals surface area contributed by atoms with Crippen molar-refractivity contribution in [2.75, 3.05) is 23.3 Å². The Morgan fingerprint density at radius 3 is 2.52 bits per heavy atom. The Kier molecular flexibility index (Phi) is 7.26. The summed E-state index contributed by atoms with van der Waals surface area (Å²) in [5.74, 6) is -0.684. The van der Waals surface area contributed by atoms with E-state index in [1.165, 1.54) is 17.0 Å². The molecule has 1 aliphatic heterocycles. The number of hydrogen-bond donors (Lipinski definition) is 2. The Bertz CT molecular complexity index is 1510. The molecule has 4 aromatic rings. The van der Waals surface area contributed by atoms with Crippen LogP contribution in [0.1, 0.15) is 52.3 Å². The molecule has 210 valence electrons. The maximum atomic E-state index is 16.1. The third-order valence-corrected chi connectivity index (χ3v) is 7.11. The highest BCUT2D eigenvalue weighted by atomic mass is 19.1. The van der Waals surface area contributed by atoms with E-state index in [1.54, 1.807) is 23.8 Å². The molecule has 10 nitrogen and oxygen atoms in total. The van der Waals surface area contributed by atoms with Gasteiger partial charge in [0.25, 0.3) is 0 Å². The van der Waals surface area contributed by atoms with Crippen molar-refractivity contribution < 1.29 is 18.7 Å². The molecule has 4 aromatic heterocycles. The van der Waals surface area contributed by atoms with Crippen LogP contribution in [-0.2, 0) is 0 Å². The minimum Gasteiger partial charge on any atom is -0.465 e. The van der Waals surface area contributed by atoms with Crippen LogP contribution in [0.25, 0.3) is 16.9 Å². The first-order valence-corrected chi connectivity index (χ1v) is 13.2. The van der Waals surface area contributed by atoms with Gasteiger partial charge >= 0.3 is 6.09 Å². The summed E-state index contributed by atoms with van der Waals surface area (Å²) in [6.45, 7) is 8.23. The van der Waals surface area contributed by atoms with Crippen LogP contribution in [-0.4, -0.2) is 65.3 Å². The fraction of sp³-hybridized carbons (Fsp3) is 0.393. The van der Waals surface area contributed by atoms with Gasteiger partial charge in [-0.2, -0.15) is 9.49 Å². The Balaban J connectivity index is 1.50. The van der Waals surface area contributed by atoms with E-state index in [-0.39, 0.29) is 17.7 Å². The van der Waals surface area contributed by atoms with Crippen LogP contribution in [0.3, 0.4) is 0 Å². The molecule has 1 aliphatic rings. The summed E-state index contributed by atoms with van der Waals surface area (Å²) in [7, 11) is 0. The van der Waals surface area contributed by atoms with Gasteiger partial charge in [0.2, 0.25) is 5.82 Å². The van der Waals surface area contributed by atoms with Gasteiger partial charge in [-0.1, -0.05) is 6.07 Å². The van der Waals surface area contributed by atoms with E-state index in [2.05, 4.69) is 25.4 Å². The molecule has 1 saturated heterocycles. The van der Waals surface area contributed by atoms with Gasteiger partial charge in [0, 0.05) is 30.9 Å². The minimum atomic E-state index is -0.968. The fourth-order valence-electron chi connectivity index (χ4n) is 5.22. The number of fused-ring (bicyclic) bond motifs is 1. The van der Waals surface area contributed by atoms with Crippen LogP contribution in [0.2, 0.25) is 0 Å². The molecule has 0 radical (unpaired) electrons. The minimum absolute atomic E-state index is 0.0158. The third kappa shape index (κ3) is 5.38. The Morgan fingerprint density at radius 2 is 1.88 bits per heavy atom. The molecule has 40 heavy (non-hydrogen) atoms. The monoisotopic (exact) mass is 550 g/mol. The Morgan fingerprint density at radius 1 is 1.12 bits per heavy atom. The summed E-state index contributed by atoms with van der Waals surface area (Å²) in [5, 5.41) is 17.3. The molecule has 0 aromatic carbocycles. The SMILES string of the molecule is C[C@H](Nc1nc(-c2cnn3ccccc23)nc(N2CCC(N(C(=O)O)C(C)(C)C)CC2)c1F)c1ccc(F)cn1. The fourth-order valence-corrected chi connectivity index (χ4v) is 5.22. The second-order valence-electron chi connectivity index (χ2n) is 10.9. The number of aromatic nitrogens is 5. The van der Waals surface area contributed by atoms with E-state index in [1.807, 2.05) is 43.9 Å². The van der Waals surface area contributed by atoms with Crippen molar-refractivity contribution in [3.63, 3.8) is 0 Å². The van der Waals surface area contributed by atoms with Gasteiger partial charge in [0.05, 0.1) is 35.2 Å². The average molecular weight is 551 g/mol. The van der Waals surface area contributed by atoms with Crippen molar-refractivity contribution >= 4 is 23.2 Å². The third-order valence-electron chi connectivity index (χ3n) is 7.11. The van der Waals surface area contributed by atoms with Gasteiger partial charge in [-0.3, -0.25) is 4.98 Å². The Labute approximate surface area is 230 Å². The highest BCUT2D eigenvalue weighted by Gasteiger charge is 2.36. The van der Waals surface area contributed by atoms with E-state index in [9.17, 15) is 14.3 Å². The number of amides is 1. The van der Waals surface area contributed by atoms with Gasteiger partial charge in [0.15, 0.2) is 17.5 Å². The predicted octanol–water partition coefficient (Wildman–Crippen LogP) is 5.38. The zero-order valence-corrected chi connectivity index (χ0v) is 22.8. The van der Waals surface area contributed by atoms with Crippen molar-refractivity contribution in [1.29, 1.82) is 0 Å². The molecule has 1 amide bonds. The molecule has 2 N–H and O–H groups in total. The molecule has 0 bridgehead atoms. The van der Waals surface area contributed by atoms with Crippen LogP contribution in [0.5, 0.6) is 0 Å². The number of nitrogens with zero attached hydrogens (tertiary/aromatic N) is 7. The Hall–Kier alpha value is -4.35. The van der Waals surface area contributed by atoms with Crippen LogP contribution >= 0.6 is 0 Å². The molecule has 0 unspecified atom stereocenters. The molecule has 0 aliphatic carbocycles. The van der Waals surface area contributed by atoms with Crippen LogP contribution in [0.4, 0.5) is 25.2 Å². The second kappa shape index (κ2) is 10.7. The van der Waals surface area contributed by atoms with Crippen LogP contribution < -0.4 is 10.2 Å². The van der Waals surface area contributed by atoms with Crippen molar-refractivity contribution in [1.82, 2.24) is 29.5 Å². The standard InChI is InChI=1S/C28H32F2N8O2/c1-17(21-9-8-18(29)15-31-21)33-25-23(30)26(35-24(34-25)20-16-32-37-12-6-5-7-22(20)37)36-13-10-19(11-14-36)38(27(39)40)28(2,3)4/h5-9,12,15-17,19H,10-11,13-14H2,1-4H3,(H,39,40)(H,33,34,35)/t17-/m0/s1. The van der Waals surface area contributed by atoms with Crippen molar-refractivity contribution in [2.45, 2.75) is 58.2 Å². The zero-order valence-electron chi connectivity index (χ0n) is 22.8. The van der Waals surface area contributed by atoms with E-state index < -0.39 is 29.3 Å². The average Bonchev–Trinajstić information content (AvgIpc) is 3.34. The van der Waals surface area contributed by atoms with Crippen molar-refractivity contribution in [3.05, 3.63) is 66.3 Å². The van der Waals surface area contributed by atoms with Crippen LogP contribution in [0.15, 0.2) is 48.9 Å². The molecule has 0 saturated carbocycles. The number of rotatable bonds is 6. The van der Waals surface area contributed by atoms with E-state index >= 15 is 4.39 Å². The number of piperidine rings is 1. The van der Waals surface area contributed by atoms with Gasteiger partial charge in [-0.15, -0.1) is 0 Å². The van der Waals surface area contributed by atoms with Gasteiger partial charge in [-0.05, 0) is 64.8 Å². The number of carboxylic acid groups (broad SMARTS) is 1. The molecule has 1 fully saturated rings. The van der Waals surface area contributed by atoms with Gasteiger partial charge < -0.3 is 20.2 Å². The maximum absolute atomic E-state index is 16.1. The molecule has 5 heterocycles. The van der Waals surface area contributed by atoms with E-state index in [0.717, 1.165) is 11.7 Å². The molecule has 1 atom stereocenters. The molecule has 5 rings (SSSR count).